The molecular weight excluding hydrogens is 533 g/mol. The lowest BCUT2D eigenvalue weighted by Gasteiger charge is -2.10. The summed E-state index contributed by atoms with van der Waals surface area (Å²) >= 11 is 6.18. The van der Waals surface area contributed by atoms with Crippen LogP contribution in [0.1, 0.15) is 45.9 Å². The summed E-state index contributed by atoms with van der Waals surface area (Å²) in [6.07, 6.45) is -2.80. The predicted molar refractivity (Wildman–Crippen MR) is 140 cm³/mol. The quantitative estimate of drug-likeness (QED) is 0.228. The molecule has 1 heterocycles. The first-order valence-electron chi connectivity index (χ1n) is 12.0. The van der Waals surface area contributed by atoms with E-state index in [0.29, 0.717) is 16.4 Å². The van der Waals surface area contributed by atoms with E-state index >= 15 is 0 Å². The maximum atomic E-state index is 13.0. The summed E-state index contributed by atoms with van der Waals surface area (Å²) in [5, 5.41) is 20.9. The zero-order valence-corrected chi connectivity index (χ0v) is 21.1. The summed E-state index contributed by atoms with van der Waals surface area (Å²) in [4.78, 5) is 25.7. The van der Waals surface area contributed by atoms with Crippen LogP contribution in [0.3, 0.4) is 0 Å². The Kier molecular flexibility index (Phi) is 7.05. The van der Waals surface area contributed by atoms with Gasteiger partial charge in [0.2, 0.25) is 0 Å². The Morgan fingerprint density at radius 1 is 1.03 bits per heavy atom. The van der Waals surface area contributed by atoms with Crippen LogP contribution in [-0.2, 0) is 12.7 Å². The Balaban J connectivity index is 1.38. The van der Waals surface area contributed by atoms with E-state index in [-0.39, 0.29) is 35.0 Å². The Morgan fingerprint density at radius 3 is 2.51 bits per heavy atom. The third kappa shape index (κ3) is 5.91. The third-order valence-electron chi connectivity index (χ3n) is 6.30. The van der Waals surface area contributed by atoms with Gasteiger partial charge in [0.25, 0.3) is 5.91 Å². The van der Waals surface area contributed by atoms with E-state index < -0.39 is 23.7 Å². The molecule has 1 aliphatic rings. The largest absolute Gasteiger partial charge is 0.507 e. The number of anilines is 1. The van der Waals surface area contributed by atoms with Crippen LogP contribution in [0.5, 0.6) is 5.75 Å². The van der Waals surface area contributed by atoms with Crippen LogP contribution in [0.4, 0.5) is 23.7 Å². The highest BCUT2D eigenvalue weighted by Crippen LogP contribution is 2.42. The van der Waals surface area contributed by atoms with Crippen LogP contribution in [0.15, 0.2) is 72.8 Å². The summed E-state index contributed by atoms with van der Waals surface area (Å²) in [5.74, 6) is -0.750. The number of alkyl halides is 3. The van der Waals surface area contributed by atoms with Crippen molar-refractivity contribution < 1.29 is 27.9 Å². The minimum absolute atomic E-state index is 0.142. The number of aromatic nitrogens is 2. The highest BCUT2D eigenvalue weighted by Gasteiger charge is 2.32. The molecule has 5 rings (SSSR count). The van der Waals surface area contributed by atoms with Gasteiger partial charge in [-0.15, -0.1) is 0 Å². The first-order valence-corrected chi connectivity index (χ1v) is 12.4. The maximum Gasteiger partial charge on any atom is 0.416 e. The van der Waals surface area contributed by atoms with Crippen molar-refractivity contribution >= 4 is 29.2 Å². The van der Waals surface area contributed by atoms with Crippen molar-refractivity contribution in [3.63, 3.8) is 0 Å². The monoisotopic (exact) mass is 554 g/mol. The topological polar surface area (TPSA) is 96.2 Å². The number of phenols is 1. The first kappa shape index (κ1) is 26.3. The number of aromatic hydroxyl groups is 1. The van der Waals surface area contributed by atoms with Gasteiger partial charge in [-0.2, -0.15) is 23.0 Å². The molecule has 1 saturated carbocycles. The normalized spacial score (nSPS) is 13.2. The number of rotatable bonds is 6. The molecule has 0 saturated heterocycles. The van der Waals surface area contributed by atoms with Crippen molar-refractivity contribution in [1.82, 2.24) is 15.1 Å². The van der Waals surface area contributed by atoms with Gasteiger partial charge >= 0.3 is 12.2 Å². The number of phenolic OH excluding ortho intramolecular Hbond substituents is 1. The molecule has 3 aromatic carbocycles. The minimum Gasteiger partial charge on any atom is -0.507 e. The molecule has 0 spiro atoms. The molecule has 0 radical (unpaired) electrons. The van der Waals surface area contributed by atoms with E-state index in [1.165, 1.54) is 28.9 Å². The van der Waals surface area contributed by atoms with E-state index in [1.54, 1.807) is 24.3 Å². The van der Waals surface area contributed by atoms with Gasteiger partial charge in [0.05, 0.1) is 17.0 Å². The highest BCUT2D eigenvalue weighted by atomic mass is 35.5. The van der Waals surface area contributed by atoms with E-state index in [4.69, 9.17) is 11.6 Å². The van der Waals surface area contributed by atoms with Crippen molar-refractivity contribution in [2.75, 3.05) is 5.32 Å². The van der Waals surface area contributed by atoms with Gasteiger partial charge in [0.1, 0.15) is 5.75 Å². The minimum atomic E-state index is -4.58. The van der Waals surface area contributed by atoms with Gasteiger partial charge in [-0.25, -0.2) is 4.79 Å². The Labute approximate surface area is 226 Å². The molecule has 0 bridgehead atoms. The SMILES string of the molecule is O=C(Nc1ccc(O)c(-c2cc(C3CC3)n(C(=O)NCc3ccccc3Cl)n2)c1)c1cccc(C(F)(F)F)c1. The summed E-state index contributed by atoms with van der Waals surface area (Å²) in [5.41, 5.74) is 1.10. The molecule has 3 N–H and O–H groups in total. The summed E-state index contributed by atoms with van der Waals surface area (Å²) in [6.45, 7) is 0.195. The van der Waals surface area contributed by atoms with Gasteiger partial charge in [-0.1, -0.05) is 35.9 Å². The number of nitrogens with one attached hydrogen (secondary N) is 2. The molecule has 7 nitrogen and oxygen atoms in total. The van der Waals surface area contributed by atoms with Crippen LogP contribution < -0.4 is 10.6 Å². The second-order valence-corrected chi connectivity index (χ2v) is 9.56. The van der Waals surface area contributed by atoms with E-state index in [1.807, 2.05) is 6.07 Å². The Bertz CT molecular complexity index is 1560. The van der Waals surface area contributed by atoms with Crippen LogP contribution in [0, 0.1) is 0 Å². The summed E-state index contributed by atoms with van der Waals surface area (Å²) < 4.78 is 40.4. The molecule has 0 unspecified atom stereocenters. The molecule has 1 aromatic heterocycles. The number of carbonyl (C=O) groups is 2. The predicted octanol–water partition coefficient (Wildman–Crippen LogP) is 6.82. The van der Waals surface area contributed by atoms with Crippen molar-refractivity contribution in [3.05, 3.63) is 100 Å². The van der Waals surface area contributed by atoms with Gasteiger partial charge in [0, 0.05) is 34.3 Å². The van der Waals surface area contributed by atoms with Crippen LogP contribution in [0.25, 0.3) is 11.3 Å². The standard InChI is InChI=1S/C28H22ClF3N4O3/c29-22-7-2-1-4-18(22)15-33-27(39)36-24(16-8-9-16)14-23(35-36)21-13-20(10-11-25(21)37)34-26(38)17-5-3-6-19(12-17)28(30,31)32/h1-7,10-14,16,37H,8-9,15H2,(H,33,39)(H,34,38). The fourth-order valence-electron chi connectivity index (χ4n) is 4.11. The number of amides is 2. The van der Waals surface area contributed by atoms with Crippen molar-refractivity contribution in [2.24, 2.45) is 0 Å². The van der Waals surface area contributed by atoms with Crippen LogP contribution >= 0.6 is 11.6 Å². The lowest BCUT2D eigenvalue weighted by atomic mass is 10.1. The molecule has 39 heavy (non-hydrogen) atoms. The molecule has 200 valence electrons. The zero-order valence-electron chi connectivity index (χ0n) is 20.3. The zero-order chi connectivity index (χ0) is 27.7. The van der Waals surface area contributed by atoms with Crippen molar-refractivity contribution in [2.45, 2.75) is 31.5 Å². The second kappa shape index (κ2) is 10.5. The average molecular weight is 555 g/mol. The second-order valence-electron chi connectivity index (χ2n) is 9.16. The smallest absolute Gasteiger partial charge is 0.416 e. The van der Waals surface area contributed by atoms with Gasteiger partial charge in [-0.3, -0.25) is 4.79 Å². The number of benzene rings is 3. The lowest BCUT2D eigenvalue weighted by molar-refractivity contribution is -0.137. The van der Waals surface area contributed by atoms with E-state index in [0.717, 1.165) is 36.6 Å². The maximum absolute atomic E-state index is 13.0. The average Bonchev–Trinajstić information content (AvgIpc) is 3.66. The van der Waals surface area contributed by atoms with Crippen LogP contribution in [0.2, 0.25) is 5.02 Å². The van der Waals surface area contributed by atoms with Gasteiger partial charge in [0.15, 0.2) is 0 Å². The first-order chi connectivity index (χ1) is 18.6. The van der Waals surface area contributed by atoms with Gasteiger partial charge in [-0.05, 0) is 66.9 Å². The summed E-state index contributed by atoms with van der Waals surface area (Å²) in [7, 11) is 0. The van der Waals surface area contributed by atoms with Crippen molar-refractivity contribution in [1.29, 1.82) is 0 Å². The molecule has 2 amide bonds. The summed E-state index contributed by atoms with van der Waals surface area (Å²) in [6, 6.07) is 16.7. The molecular formula is C28H22ClF3N4O3. The number of carbonyl (C=O) groups excluding carboxylic acids is 2. The Hall–Kier alpha value is -4.31. The Morgan fingerprint density at radius 2 is 1.79 bits per heavy atom. The molecule has 0 atom stereocenters. The molecule has 0 aliphatic heterocycles. The fraction of sp³-hybridized carbons (Fsp3) is 0.179. The molecule has 11 heteroatoms. The number of hydrogen-bond donors (Lipinski definition) is 3. The molecule has 1 aliphatic carbocycles. The van der Waals surface area contributed by atoms with Crippen molar-refractivity contribution in [3.8, 4) is 17.0 Å². The fourth-order valence-corrected chi connectivity index (χ4v) is 4.31. The molecule has 1 fully saturated rings. The van der Waals surface area contributed by atoms with Gasteiger partial charge < -0.3 is 15.7 Å². The third-order valence-corrected chi connectivity index (χ3v) is 6.66. The molecule has 4 aromatic rings. The van der Waals surface area contributed by atoms with Crippen LogP contribution in [-0.4, -0.2) is 26.8 Å². The lowest BCUT2D eigenvalue weighted by Crippen LogP contribution is -2.30. The number of hydrogen-bond acceptors (Lipinski definition) is 4. The number of nitrogens with zero attached hydrogens (tertiary/aromatic N) is 2. The van der Waals surface area contributed by atoms with E-state index in [9.17, 15) is 27.9 Å². The number of halogens is 4. The van der Waals surface area contributed by atoms with E-state index in [2.05, 4.69) is 15.7 Å². The highest BCUT2D eigenvalue weighted by molar-refractivity contribution is 6.31.